The molecule has 0 saturated heterocycles. The van der Waals surface area contributed by atoms with Crippen molar-refractivity contribution in [3.8, 4) is 21.8 Å². The topological polar surface area (TPSA) is 51.2 Å². The number of rotatable bonds is 3. The van der Waals surface area contributed by atoms with E-state index < -0.39 is 0 Å². The van der Waals surface area contributed by atoms with Crippen molar-refractivity contribution in [3.05, 3.63) is 30.5 Å². The third-order valence-corrected chi connectivity index (χ3v) is 2.40. The summed E-state index contributed by atoms with van der Waals surface area (Å²) in [5.41, 5.74) is 0. The largest absolute Gasteiger partial charge is 0.493 e. The molecular formula is C10H8NO3S. The Balaban J connectivity index is 2.23. The molecule has 0 saturated carbocycles. The first kappa shape index (κ1) is 9.79. The maximum Gasteiger partial charge on any atom is 0.282 e. The van der Waals surface area contributed by atoms with E-state index in [2.05, 4.69) is 4.98 Å². The van der Waals surface area contributed by atoms with E-state index >= 15 is 0 Å². The summed E-state index contributed by atoms with van der Waals surface area (Å²) < 4.78 is 10.5. The highest BCUT2D eigenvalue weighted by Gasteiger charge is 2.07. The molecule has 0 aliphatic carbocycles. The van der Waals surface area contributed by atoms with Crippen LogP contribution in [0.5, 0.6) is 21.8 Å². The van der Waals surface area contributed by atoms with Crippen LogP contribution in [0.2, 0.25) is 0 Å². The fourth-order valence-electron chi connectivity index (χ4n) is 1.09. The molecule has 2 aromatic rings. The van der Waals surface area contributed by atoms with Gasteiger partial charge in [0.1, 0.15) is 0 Å². The van der Waals surface area contributed by atoms with Gasteiger partial charge >= 0.3 is 0 Å². The zero-order valence-electron chi connectivity index (χ0n) is 7.97. The lowest BCUT2D eigenvalue weighted by atomic mass is 10.3. The van der Waals surface area contributed by atoms with Crippen molar-refractivity contribution in [1.82, 2.24) is 4.98 Å². The van der Waals surface area contributed by atoms with Gasteiger partial charge < -0.3 is 9.47 Å². The van der Waals surface area contributed by atoms with Crippen LogP contribution >= 0.6 is 11.3 Å². The highest BCUT2D eigenvalue weighted by atomic mass is 32.1. The van der Waals surface area contributed by atoms with Crippen molar-refractivity contribution < 1.29 is 14.6 Å². The molecule has 0 aliphatic rings. The Labute approximate surface area is 90.7 Å². The van der Waals surface area contributed by atoms with Crippen LogP contribution in [0.4, 0.5) is 0 Å². The van der Waals surface area contributed by atoms with Crippen molar-refractivity contribution in [2.45, 2.75) is 0 Å². The van der Waals surface area contributed by atoms with Gasteiger partial charge in [0.05, 0.1) is 13.3 Å². The zero-order chi connectivity index (χ0) is 10.7. The molecular weight excluding hydrogens is 214 g/mol. The van der Waals surface area contributed by atoms with Crippen LogP contribution in [0.3, 0.4) is 0 Å². The Kier molecular flexibility index (Phi) is 2.73. The summed E-state index contributed by atoms with van der Waals surface area (Å²) in [6, 6.07) is 7.20. The molecule has 1 radical (unpaired) electrons. The Morgan fingerprint density at radius 3 is 2.60 bits per heavy atom. The smallest absolute Gasteiger partial charge is 0.282 e. The molecule has 77 valence electrons. The van der Waals surface area contributed by atoms with Gasteiger partial charge in [0.25, 0.3) is 10.3 Å². The number of hydrogen-bond donors (Lipinski definition) is 0. The molecule has 0 fully saturated rings. The number of aromatic nitrogens is 1. The number of methoxy groups -OCH3 is 1. The van der Waals surface area contributed by atoms with Crippen molar-refractivity contribution >= 4 is 11.3 Å². The molecule has 0 spiro atoms. The van der Waals surface area contributed by atoms with Gasteiger partial charge in [-0.1, -0.05) is 12.1 Å². The van der Waals surface area contributed by atoms with Crippen LogP contribution in [-0.4, -0.2) is 12.1 Å². The first-order valence-corrected chi connectivity index (χ1v) is 5.05. The summed E-state index contributed by atoms with van der Waals surface area (Å²) in [4.78, 5) is 3.81. The zero-order valence-corrected chi connectivity index (χ0v) is 8.78. The molecule has 0 N–H and O–H groups in total. The average Bonchev–Trinajstić information content (AvgIpc) is 2.65. The lowest BCUT2D eigenvalue weighted by Crippen LogP contribution is -1.88. The highest BCUT2D eigenvalue weighted by Crippen LogP contribution is 2.34. The second-order valence-corrected chi connectivity index (χ2v) is 3.65. The molecule has 0 amide bonds. The summed E-state index contributed by atoms with van der Waals surface area (Å²) in [7, 11) is 1.56. The van der Waals surface area contributed by atoms with E-state index in [1.807, 2.05) is 12.1 Å². The van der Waals surface area contributed by atoms with E-state index in [0.29, 0.717) is 16.7 Å². The number of ether oxygens (including phenoxy) is 2. The van der Waals surface area contributed by atoms with E-state index in [9.17, 15) is 5.11 Å². The number of para-hydroxylation sites is 2. The normalized spacial score (nSPS) is 9.93. The number of thiazole rings is 1. The van der Waals surface area contributed by atoms with E-state index in [1.165, 1.54) is 6.20 Å². The third-order valence-electron chi connectivity index (χ3n) is 1.73. The molecule has 0 unspecified atom stereocenters. The molecule has 15 heavy (non-hydrogen) atoms. The van der Waals surface area contributed by atoms with Gasteiger partial charge in [-0.2, -0.15) is 0 Å². The summed E-state index contributed by atoms with van der Waals surface area (Å²) in [6.07, 6.45) is 1.23. The van der Waals surface area contributed by atoms with E-state index in [0.717, 1.165) is 11.3 Å². The van der Waals surface area contributed by atoms with Gasteiger partial charge in [-0.05, 0) is 23.5 Å². The predicted octanol–water partition coefficient (Wildman–Crippen LogP) is 3.09. The van der Waals surface area contributed by atoms with Crippen LogP contribution in [0.1, 0.15) is 0 Å². The van der Waals surface area contributed by atoms with Crippen LogP contribution in [0.25, 0.3) is 0 Å². The predicted molar refractivity (Wildman–Crippen MR) is 55.3 cm³/mol. The van der Waals surface area contributed by atoms with Gasteiger partial charge in [0.2, 0.25) is 0 Å². The number of nitrogens with zero attached hydrogens (tertiary/aromatic N) is 1. The molecule has 0 bridgehead atoms. The minimum absolute atomic E-state index is 0.125. The lowest BCUT2D eigenvalue weighted by Gasteiger charge is -2.06. The first-order chi connectivity index (χ1) is 7.29. The minimum atomic E-state index is -0.125. The van der Waals surface area contributed by atoms with Gasteiger partial charge in [0, 0.05) is 0 Å². The SMILES string of the molecule is COc1ccccc1Oc1ncc([O])s1. The average molecular weight is 222 g/mol. The van der Waals surface area contributed by atoms with Crippen molar-refractivity contribution in [2.24, 2.45) is 0 Å². The lowest BCUT2D eigenvalue weighted by molar-refractivity contribution is 0.367. The fourth-order valence-corrected chi connectivity index (χ4v) is 1.60. The van der Waals surface area contributed by atoms with Crippen LogP contribution in [0, 0.1) is 0 Å². The molecule has 1 aromatic heterocycles. The quantitative estimate of drug-likeness (QED) is 0.801. The standard InChI is InChI=1S/C10H8NO3S/c1-13-7-4-2-3-5-8(7)14-10-11-6-9(12)15-10/h2-6H,1H3. The van der Waals surface area contributed by atoms with Gasteiger partial charge in [-0.15, -0.1) is 0 Å². The van der Waals surface area contributed by atoms with Crippen LogP contribution in [0.15, 0.2) is 30.5 Å². The second-order valence-electron chi connectivity index (χ2n) is 2.70. The number of hydrogen-bond acceptors (Lipinski definition) is 4. The summed E-state index contributed by atoms with van der Waals surface area (Å²) >= 11 is 0.957. The summed E-state index contributed by atoms with van der Waals surface area (Å²) in [5.74, 6) is 1.16. The third kappa shape index (κ3) is 2.19. The fraction of sp³-hybridized carbons (Fsp3) is 0.100. The monoisotopic (exact) mass is 222 g/mol. The molecule has 0 atom stereocenters. The van der Waals surface area contributed by atoms with Gasteiger partial charge in [-0.25, -0.2) is 4.98 Å². The molecule has 1 heterocycles. The second kappa shape index (κ2) is 4.18. The maximum absolute atomic E-state index is 10.9. The highest BCUT2D eigenvalue weighted by molar-refractivity contribution is 7.15. The Morgan fingerprint density at radius 1 is 1.27 bits per heavy atom. The van der Waals surface area contributed by atoms with E-state index in [4.69, 9.17) is 9.47 Å². The summed E-state index contributed by atoms with van der Waals surface area (Å²) in [6.45, 7) is 0. The molecule has 1 aromatic carbocycles. The maximum atomic E-state index is 10.9. The Morgan fingerprint density at radius 2 is 2.00 bits per heavy atom. The molecule has 5 heteroatoms. The van der Waals surface area contributed by atoms with Gasteiger partial charge in [-0.3, -0.25) is 5.11 Å². The van der Waals surface area contributed by atoms with Crippen molar-refractivity contribution in [2.75, 3.05) is 7.11 Å². The van der Waals surface area contributed by atoms with E-state index in [1.54, 1.807) is 19.2 Å². The molecule has 0 aliphatic heterocycles. The first-order valence-electron chi connectivity index (χ1n) is 4.23. The summed E-state index contributed by atoms with van der Waals surface area (Å²) in [5, 5.41) is 11.1. The Bertz CT molecular complexity index is 455. The Hall–Kier alpha value is -1.75. The van der Waals surface area contributed by atoms with E-state index in [-0.39, 0.29) is 5.06 Å². The van der Waals surface area contributed by atoms with Gasteiger partial charge in [0.15, 0.2) is 11.5 Å². The van der Waals surface area contributed by atoms with Crippen LogP contribution < -0.4 is 9.47 Å². The molecule has 4 nitrogen and oxygen atoms in total. The van der Waals surface area contributed by atoms with Crippen molar-refractivity contribution in [1.29, 1.82) is 0 Å². The van der Waals surface area contributed by atoms with Crippen molar-refractivity contribution in [3.63, 3.8) is 0 Å². The van der Waals surface area contributed by atoms with Crippen LogP contribution in [-0.2, 0) is 5.11 Å². The minimum Gasteiger partial charge on any atom is -0.493 e. The molecule has 2 rings (SSSR count). The number of benzene rings is 1.